The molecule has 1 aromatic heterocycles. The SMILES string of the molecule is CSc1ccc(-c2nnc(NC(=O)CCS(=O)(=O)c3ccc(C)cc3)o2)cc1. The van der Waals surface area contributed by atoms with E-state index < -0.39 is 15.7 Å². The van der Waals surface area contributed by atoms with Crippen LogP contribution in [0.3, 0.4) is 0 Å². The van der Waals surface area contributed by atoms with Gasteiger partial charge in [-0.05, 0) is 49.6 Å². The number of hydrogen-bond donors (Lipinski definition) is 1. The van der Waals surface area contributed by atoms with Gasteiger partial charge in [0.05, 0.1) is 10.6 Å². The lowest BCUT2D eigenvalue weighted by Crippen LogP contribution is -2.17. The third kappa shape index (κ3) is 4.99. The van der Waals surface area contributed by atoms with Crippen LogP contribution >= 0.6 is 11.8 Å². The van der Waals surface area contributed by atoms with Gasteiger partial charge in [-0.15, -0.1) is 16.9 Å². The Morgan fingerprint density at radius 3 is 2.39 bits per heavy atom. The Bertz CT molecular complexity index is 1060. The molecule has 0 saturated heterocycles. The van der Waals surface area contributed by atoms with Crippen molar-refractivity contribution in [2.45, 2.75) is 23.1 Å². The van der Waals surface area contributed by atoms with Gasteiger partial charge in [0.25, 0.3) is 0 Å². The van der Waals surface area contributed by atoms with Crippen molar-refractivity contribution in [1.82, 2.24) is 10.2 Å². The molecule has 1 heterocycles. The van der Waals surface area contributed by atoms with Crippen LogP contribution in [0, 0.1) is 6.92 Å². The molecule has 0 aliphatic carbocycles. The van der Waals surface area contributed by atoms with Crippen molar-refractivity contribution in [3.05, 3.63) is 54.1 Å². The molecule has 0 unspecified atom stereocenters. The van der Waals surface area contributed by atoms with Crippen LogP contribution in [0.2, 0.25) is 0 Å². The highest BCUT2D eigenvalue weighted by Crippen LogP contribution is 2.23. The highest BCUT2D eigenvalue weighted by molar-refractivity contribution is 7.98. The smallest absolute Gasteiger partial charge is 0.322 e. The van der Waals surface area contributed by atoms with Crippen LogP contribution in [-0.2, 0) is 14.6 Å². The average Bonchev–Trinajstić information content (AvgIpc) is 3.15. The lowest BCUT2D eigenvalue weighted by Gasteiger charge is -2.04. The Hall–Kier alpha value is -2.65. The zero-order valence-electron chi connectivity index (χ0n) is 15.4. The maximum atomic E-state index is 12.3. The van der Waals surface area contributed by atoms with Crippen molar-refractivity contribution in [2.24, 2.45) is 0 Å². The normalized spacial score (nSPS) is 11.4. The van der Waals surface area contributed by atoms with Crippen LogP contribution in [0.4, 0.5) is 6.01 Å². The van der Waals surface area contributed by atoms with Crippen LogP contribution in [-0.4, -0.2) is 36.5 Å². The quantitative estimate of drug-likeness (QED) is 0.586. The maximum Gasteiger partial charge on any atom is 0.322 e. The molecule has 7 nitrogen and oxygen atoms in total. The van der Waals surface area contributed by atoms with Crippen LogP contribution in [0.1, 0.15) is 12.0 Å². The first-order valence-electron chi connectivity index (χ1n) is 8.44. The number of aryl methyl sites for hydroxylation is 1. The number of aromatic nitrogens is 2. The topological polar surface area (TPSA) is 102 Å². The molecule has 9 heteroatoms. The summed E-state index contributed by atoms with van der Waals surface area (Å²) in [4.78, 5) is 13.4. The summed E-state index contributed by atoms with van der Waals surface area (Å²) in [6.45, 7) is 1.87. The summed E-state index contributed by atoms with van der Waals surface area (Å²) in [5.41, 5.74) is 1.69. The summed E-state index contributed by atoms with van der Waals surface area (Å²) in [5, 5.41) is 10.1. The Balaban J connectivity index is 1.59. The van der Waals surface area contributed by atoms with E-state index in [4.69, 9.17) is 4.42 Å². The monoisotopic (exact) mass is 417 g/mol. The highest BCUT2D eigenvalue weighted by Gasteiger charge is 2.18. The van der Waals surface area contributed by atoms with Crippen molar-refractivity contribution in [3.63, 3.8) is 0 Å². The fourth-order valence-corrected chi connectivity index (χ4v) is 4.05. The fourth-order valence-electron chi connectivity index (χ4n) is 2.40. The standard InChI is InChI=1S/C19H19N3O4S2/c1-13-3-9-16(10-4-13)28(24,25)12-11-17(23)20-19-22-21-18(26-19)14-5-7-15(27-2)8-6-14/h3-10H,11-12H2,1-2H3,(H,20,22,23). The second-order valence-electron chi connectivity index (χ2n) is 6.07. The lowest BCUT2D eigenvalue weighted by atomic mass is 10.2. The number of nitrogens with one attached hydrogen (secondary N) is 1. The molecule has 2 aromatic carbocycles. The molecule has 0 atom stereocenters. The van der Waals surface area contributed by atoms with Gasteiger partial charge in [-0.2, -0.15) is 0 Å². The molecule has 1 N–H and O–H groups in total. The first-order valence-corrected chi connectivity index (χ1v) is 11.3. The first kappa shape index (κ1) is 20.1. The molecule has 1 amide bonds. The summed E-state index contributed by atoms with van der Waals surface area (Å²) in [7, 11) is -3.54. The van der Waals surface area contributed by atoms with Crippen molar-refractivity contribution in [3.8, 4) is 11.5 Å². The third-order valence-electron chi connectivity index (χ3n) is 3.99. The van der Waals surface area contributed by atoms with E-state index in [-0.39, 0.29) is 29.0 Å². The minimum atomic E-state index is -3.54. The van der Waals surface area contributed by atoms with Gasteiger partial charge in [0, 0.05) is 16.9 Å². The van der Waals surface area contributed by atoms with Crippen LogP contribution in [0.25, 0.3) is 11.5 Å². The maximum absolute atomic E-state index is 12.3. The van der Waals surface area contributed by atoms with E-state index >= 15 is 0 Å². The largest absolute Gasteiger partial charge is 0.403 e. The van der Waals surface area contributed by atoms with E-state index in [9.17, 15) is 13.2 Å². The summed E-state index contributed by atoms with van der Waals surface area (Å²) < 4.78 is 30.1. The van der Waals surface area contributed by atoms with Gasteiger partial charge in [0.15, 0.2) is 9.84 Å². The minimum Gasteiger partial charge on any atom is -0.403 e. The average molecular weight is 418 g/mol. The predicted octanol–water partition coefficient (Wildman–Crippen LogP) is 3.57. The summed E-state index contributed by atoms with van der Waals surface area (Å²) in [6.07, 6.45) is 1.77. The summed E-state index contributed by atoms with van der Waals surface area (Å²) in [5.74, 6) is -0.544. The number of thioether (sulfide) groups is 1. The second kappa shape index (κ2) is 8.57. The van der Waals surface area contributed by atoms with Gasteiger partial charge in [-0.25, -0.2) is 8.42 Å². The van der Waals surface area contributed by atoms with Crippen molar-refractivity contribution < 1.29 is 17.6 Å². The first-order chi connectivity index (χ1) is 13.4. The van der Waals surface area contributed by atoms with E-state index in [2.05, 4.69) is 15.5 Å². The fraction of sp³-hybridized carbons (Fsp3) is 0.211. The van der Waals surface area contributed by atoms with Gasteiger partial charge in [-0.3, -0.25) is 10.1 Å². The Morgan fingerprint density at radius 2 is 1.75 bits per heavy atom. The molecular formula is C19H19N3O4S2. The molecule has 28 heavy (non-hydrogen) atoms. The minimum absolute atomic E-state index is 0.0679. The number of hydrogen-bond acceptors (Lipinski definition) is 7. The second-order valence-corrected chi connectivity index (χ2v) is 9.06. The number of carbonyl (C=O) groups is 1. The van der Waals surface area contributed by atoms with Crippen LogP contribution in [0.5, 0.6) is 0 Å². The van der Waals surface area contributed by atoms with E-state index in [1.165, 1.54) is 12.1 Å². The number of amides is 1. The third-order valence-corrected chi connectivity index (χ3v) is 6.46. The molecule has 0 aliphatic rings. The zero-order chi connectivity index (χ0) is 20.1. The van der Waals surface area contributed by atoms with E-state index in [1.807, 2.05) is 37.4 Å². The van der Waals surface area contributed by atoms with Gasteiger partial charge >= 0.3 is 6.01 Å². The van der Waals surface area contributed by atoms with Crippen molar-refractivity contribution >= 4 is 33.5 Å². The molecule has 0 saturated carbocycles. The molecule has 3 rings (SSSR count). The number of benzene rings is 2. The molecule has 0 bridgehead atoms. The number of nitrogens with zero attached hydrogens (tertiary/aromatic N) is 2. The van der Waals surface area contributed by atoms with Gasteiger partial charge in [-0.1, -0.05) is 22.8 Å². The van der Waals surface area contributed by atoms with E-state index in [0.29, 0.717) is 0 Å². The van der Waals surface area contributed by atoms with Gasteiger partial charge < -0.3 is 4.42 Å². The molecule has 146 valence electrons. The number of anilines is 1. The van der Waals surface area contributed by atoms with E-state index in [1.54, 1.807) is 23.9 Å². The molecule has 0 spiro atoms. The Morgan fingerprint density at radius 1 is 1.07 bits per heavy atom. The Labute approximate surface area is 167 Å². The molecular weight excluding hydrogens is 398 g/mol. The Kier molecular flexibility index (Phi) is 6.15. The summed E-state index contributed by atoms with van der Waals surface area (Å²) in [6, 6.07) is 14.0. The summed E-state index contributed by atoms with van der Waals surface area (Å²) >= 11 is 1.62. The van der Waals surface area contributed by atoms with E-state index in [0.717, 1.165) is 16.0 Å². The number of carbonyl (C=O) groups excluding carboxylic acids is 1. The highest BCUT2D eigenvalue weighted by atomic mass is 32.2. The van der Waals surface area contributed by atoms with Crippen LogP contribution in [0.15, 0.2) is 62.7 Å². The van der Waals surface area contributed by atoms with Crippen LogP contribution < -0.4 is 5.32 Å². The van der Waals surface area contributed by atoms with Gasteiger partial charge in [0.2, 0.25) is 11.8 Å². The lowest BCUT2D eigenvalue weighted by molar-refractivity contribution is -0.115. The molecule has 0 aliphatic heterocycles. The zero-order valence-corrected chi connectivity index (χ0v) is 17.0. The molecule has 3 aromatic rings. The number of sulfone groups is 1. The molecule has 0 radical (unpaired) electrons. The van der Waals surface area contributed by atoms with Crippen molar-refractivity contribution in [2.75, 3.05) is 17.3 Å². The molecule has 0 fully saturated rings. The predicted molar refractivity (Wildman–Crippen MR) is 108 cm³/mol. The van der Waals surface area contributed by atoms with Crippen molar-refractivity contribution in [1.29, 1.82) is 0 Å². The van der Waals surface area contributed by atoms with Gasteiger partial charge in [0.1, 0.15) is 0 Å². The number of rotatable bonds is 7.